The van der Waals surface area contributed by atoms with E-state index in [2.05, 4.69) is 27.4 Å². The second-order valence-electron chi connectivity index (χ2n) is 4.98. The van der Waals surface area contributed by atoms with Crippen LogP contribution >= 0.6 is 0 Å². The molecule has 1 atom stereocenters. The first-order valence-electron chi connectivity index (χ1n) is 5.43. The molecule has 14 heavy (non-hydrogen) atoms. The van der Waals surface area contributed by atoms with Crippen molar-refractivity contribution in [1.29, 1.82) is 0 Å². The van der Waals surface area contributed by atoms with Crippen molar-refractivity contribution in [2.24, 2.45) is 5.41 Å². The maximum Gasteiger partial charge on any atom is 0.246 e. The zero-order valence-electron chi connectivity index (χ0n) is 9.55. The summed E-state index contributed by atoms with van der Waals surface area (Å²) in [5.41, 5.74) is 0.276. The fourth-order valence-corrected chi connectivity index (χ4v) is 2.37. The van der Waals surface area contributed by atoms with Gasteiger partial charge in [0.05, 0.1) is 0 Å². The molecule has 0 N–H and O–H groups in total. The van der Waals surface area contributed by atoms with Crippen LogP contribution in [0.15, 0.2) is 12.7 Å². The fraction of sp³-hybridized carbons (Fsp3) is 0.750. The summed E-state index contributed by atoms with van der Waals surface area (Å²) < 4.78 is 0. The van der Waals surface area contributed by atoms with Gasteiger partial charge in [-0.1, -0.05) is 33.8 Å². The summed E-state index contributed by atoms with van der Waals surface area (Å²) in [4.78, 5) is 13.6. The Labute approximate surface area is 87.0 Å². The third kappa shape index (κ3) is 2.37. The minimum Gasteiger partial charge on any atom is -0.336 e. The molecule has 1 fully saturated rings. The van der Waals surface area contributed by atoms with Gasteiger partial charge in [-0.05, 0) is 24.3 Å². The molecule has 1 saturated heterocycles. The third-order valence-electron chi connectivity index (χ3n) is 2.91. The van der Waals surface area contributed by atoms with Crippen LogP contribution in [0.4, 0.5) is 0 Å². The highest BCUT2D eigenvalue weighted by Gasteiger charge is 2.38. The monoisotopic (exact) mass is 195 g/mol. The predicted molar refractivity (Wildman–Crippen MR) is 59.0 cm³/mol. The van der Waals surface area contributed by atoms with E-state index in [-0.39, 0.29) is 11.3 Å². The Hall–Kier alpha value is -0.790. The summed E-state index contributed by atoms with van der Waals surface area (Å²) in [7, 11) is 0. The smallest absolute Gasteiger partial charge is 0.246 e. The summed E-state index contributed by atoms with van der Waals surface area (Å²) in [6, 6.07) is 0.431. The Morgan fingerprint density at radius 2 is 2.29 bits per heavy atom. The van der Waals surface area contributed by atoms with Gasteiger partial charge < -0.3 is 4.90 Å². The zero-order chi connectivity index (χ0) is 10.8. The third-order valence-corrected chi connectivity index (χ3v) is 2.91. The van der Waals surface area contributed by atoms with Gasteiger partial charge in [-0.25, -0.2) is 0 Å². The van der Waals surface area contributed by atoms with Crippen molar-refractivity contribution in [1.82, 2.24) is 4.90 Å². The maximum atomic E-state index is 11.6. The molecular formula is C12H21NO. The number of hydrogen-bond acceptors (Lipinski definition) is 1. The van der Waals surface area contributed by atoms with Gasteiger partial charge >= 0.3 is 0 Å². The van der Waals surface area contributed by atoms with Crippen molar-refractivity contribution in [3.63, 3.8) is 0 Å². The van der Waals surface area contributed by atoms with Crippen LogP contribution in [0.3, 0.4) is 0 Å². The highest BCUT2D eigenvalue weighted by Crippen LogP contribution is 2.35. The van der Waals surface area contributed by atoms with E-state index in [0.717, 1.165) is 25.8 Å². The molecule has 1 heterocycles. The molecule has 0 aromatic heterocycles. The molecular weight excluding hydrogens is 174 g/mol. The lowest BCUT2D eigenvalue weighted by atomic mass is 9.90. The molecule has 0 unspecified atom stereocenters. The van der Waals surface area contributed by atoms with Crippen LogP contribution < -0.4 is 0 Å². The van der Waals surface area contributed by atoms with Crippen LogP contribution in [0.2, 0.25) is 0 Å². The molecule has 0 bridgehead atoms. The number of hydrogen-bond donors (Lipinski definition) is 0. The molecule has 0 aliphatic carbocycles. The molecule has 2 nitrogen and oxygen atoms in total. The largest absolute Gasteiger partial charge is 0.336 e. The molecule has 1 rings (SSSR count). The average molecular weight is 195 g/mol. The van der Waals surface area contributed by atoms with E-state index in [1.807, 2.05) is 4.90 Å². The molecule has 1 aliphatic rings. The SMILES string of the molecule is C=CC(=O)N1CC(C)(C)C[C@@H]1CCC. The minimum absolute atomic E-state index is 0.0917. The minimum atomic E-state index is 0.0917. The predicted octanol–water partition coefficient (Wildman–Crippen LogP) is 2.60. The van der Waals surface area contributed by atoms with Crippen LogP contribution in [-0.2, 0) is 4.79 Å². The second-order valence-corrected chi connectivity index (χ2v) is 4.98. The van der Waals surface area contributed by atoms with Crippen LogP contribution in [0.5, 0.6) is 0 Å². The molecule has 0 radical (unpaired) electrons. The Balaban J connectivity index is 2.71. The first-order chi connectivity index (χ1) is 6.50. The van der Waals surface area contributed by atoms with Crippen LogP contribution in [0, 0.1) is 5.41 Å². The van der Waals surface area contributed by atoms with Crippen molar-refractivity contribution in [3.8, 4) is 0 Å². The van der Waals surface area contributed by atoms with Crippen molar-refractivity contribution in [3.05, 3.63) is 12.7 Å². The van der Waals surface area contributed by atoms with Gasteiger partial charge in [-0.15, -0.1) is 0 Å². The van der Waals surface area contributed by atoms with Crippen LogP contribution in [0.1, 0.15) is 40.0 Å². The second kappa shape index (κ2) is 4.16. The number of carbonyl (C=O) groups excluding carboxylic acids is 1. The molecule has 1 aliphatic heterocycles. The van der Waals surface area contributed by atoms with E-state index in [1.54, 1.807) is 0 Å². The lowest BCUT2D eigenvalue weighted by Crippen LogP contribution is -2.34. The van der Waals surface area contributed by atoms with Gasteiger partial charge in [0.1, 0.15) is 0 Å². The van der Waals surface area contributed by atoms with Crippen LogP contribution in [-0.4, -0.2) is 23.4 Å². The van der Waals surface area contributed by atoms with Gasteiger partial charge in [-0.2, -0.15) is 0 Å². The van der Waals surface area contributed by atoms with Gasteiger partial charge in [0.15, 0.2) is 0 Å². The summed E-state index contributed by atoms with van der Waals surface area (Å²) in [6.45, 7) is 11.1. The van der Waals surface area contributed by atoms with Crippen molar-refractivity contribution >= 4 is 5.91 Å². The topological polar surface area (TPSA) is 20.3 Å². The van der Waals surface area contributed by atoms with Crippen LogP contribution in [0.25, 0.3) is 0 Å². The van der Waals surface area contributed by atoms with Gasteiger partial charge in [-0.3, -0.25) is 4.79 Å². The molecule has 0 aromatic carbocycles. The lowest BCUT2D eigenvalue weighted by molar-refractivity contribution is -0.127. The molecule has 0 aromatic rings. The molecule has 1 amide bonds. The summed E-state index contributed by atoms with van der Waals surface area (Å²) in [5, 5.41) is 0. The Bertz CT molecular complexity index is 232. The number of amides is 1. The Kier molecular flexibility index (Phi) is 3.35. The highest BCUT2D eigenvalue weighted by atomic mass is 16.2. The number of likely N-dealkylation sites (tertiary alicyclic amines) is 1. The average Bonchev–Trinajstić information content (AvgIpc) is 2.41. The Morgan fingerprint density at radius 3 is 2.79 bits per heavy atom. The van der Waals surface area contributed by atoms with E-state index in [4.69, 9.17) is 0 Å². The van der Waals surface area contributed by atoms with Gasteiger partial charge in [0.25, 0.3) is 0 Å². The molecule has 0 saturated carbocycles. The normalized spacial score (nSPS) is 25.1. The fourth-order valence-electron chi connectivity index (χ4n) is 2.37. The number of nitrogens with zero attached hydrogens (tertiary/aromatic N) is 1. The molecule has 2 heteroatoms. The van der Waals surface area contributed by atoms with Crippen molar-refractivity contribution in [2.75, 3.05) is 6.54 Å². The van der Waals surface area contributed by atoms with Gasteiger partial charge in [0, 0.05) is 12.6 Å². The highest BCUT2D eigenvalue weighted by molar-refractivity contribution is 5.87. The molecule has 80 valence electrons. The van der Waals surface area contributed by atoms with E-state index in [0.29, 0.717) is 6.04 Å². The summed E-state index contributed by atoms with van der Waals surface area (Å²) in [6.07, 6.45) is 4.81. The van der Waals surface area contributed by atoms with E-state index < -0.39 is 0 Å². The Morgan fingerprint density at radius 1 is 1.64 bits per heavy atom. The quantitative estimate of drug-likeness (QED) is 0.634. The lowest BCUT2D eigenvalue weighted by Gasteiger charge is -2.22. The summed E-state index contributed by atoms with van der Waals surface area (Å²) in [5.74, 6) is 0.0917. The number of rotatable bonds is 3. The van der Waals surface area contributed by atoms with Gasteiger partial charge in [0.2, 0.25) is 5.91 Å². The van der Waals surface area contributed by atoms with Crippen molar-refractivity contribution < 1.29 is 4.79 Å². The maximum absolute atomic E-state index is 11.6. The molecule has 0 spiro atoms. The first-order valence-corrected chi connectivity index (χ1v) is 5.43. The van der Waals surface area contributed by atoms with Crippen molar-refractivity contribution in [2.45, 2.75) is 46.1 Å². The summed E-state index contributed by atoms with van der Waals surface area (Å²) >= 11 is 0. The first kappa shape index (κ1) is 11.3. The standard InChI is InChI=1S/C12H21NO/c1-5-7-10-8-12(3,4)9-13(10)11(14)6-2/h6,10H,2,5,7-9H2,1,3-4H3/t10-/m0/s1. The van der Waals surface area contributed by atoms with E-state index >= 15 is 0 Å². The number of carbonyl (C=O) groups is 1. The van der Waals surface area contributed by atoms with E-state index in [1.165, 1.54) is 6.08 Å². The van der Waals surface area contributed by atoms with E-state index in [9.17, 15) is 4.79 Å². The zero-order valence-corrected chi connectivity index (χ0v) is 9.55.